The van der Waals surface area contributed by atoms with Crippen molar-refractivity contribution in [1.82, 2.24) is 0 Å². The predicted octanol–water partition coefficient (Wildman–Crippen LogP) is 2.10. The van der Waals surface area contributed by atoms with Gasteiger partial charge >= 0.3 is 0 Å². The highest BCUT2D eigenvalue weighted by atomic mass is 16.5. The third-order valence-electron chi connectivity index (χ3n) is 1.50. The summed E-state index contributed by atoms with van der Waals surface area (Å²) < 4.78 is 5.33. The van der Waals surface area contributed by atoms with Crippen LogP contribution >= 0.6 is 0 Å². The Bertz CT molecular complexity index is 254. The van der Waals surface area contributed by atoms with Gasteiger partial charge < -0.3 is 4.74 Å². The highest BCUT2D eigenvalue weighted by Crippen LogP contribution is 2.01. The summed E-state index contributed by atoms with van der Waals surface area (Å²) in [5.74, 6) is 0.707. The second-order valence-corrected chi connectivity index (χ2v) is 2.33. The number of benzene rings is 1. The minimum atomic E-state index is 0.654. The molecule has 0 heterocycles. The molecule has 0 radical (unpaired) electrons. The number of nitrogens with zero attached hydrogens (tertiary/aromatic N) is 1. The topological polar surface area (TPSA) is 21.6 Å². The van der Waals surface area contributed by atoms with Crippen molar-refractivity contribution in [3.63, 3.8) is 0 Å². The number of hydrogen-bond donors (Lipinski definition) is 0. The summed E-state index contributed by atoms with van der Waals surface area (Å²) in [7, 11) is 1.73. The van der Waals surface area contributed by atoms with Crippen LogP contribution in [0, 0.1) is 0 Å². The summed E-state index contributed by atoms with van der Waals surface area (Å²) in [6.07, 6.45) is 0. The lowest BCUT2D eigenvalue weighted by atomic mass is 10.2. The lowest BCUT2D eigenvalue weighted by Gasteiger charge is -2.05. The molecule has 0 aromatic heterocycles. The molecule has 64 valence electrons. The highest BCUT2D eigenvalue weighted by Gasteiger charge is 1.99. The van der Waals surface area contributed by atoms with E-state index in [1.165, 1.54) is 0 Å². The third kappa shape index (κ3) is 2.09. The monoisotopic (exact) mass is 163 g/mol. The SMILES string of the molecule is CCOC(=NC)c1ccccc1. The Morgan fingerprint density at radius 1 is 1.33 bits per heavy atom. The van der Waals surface area contributed by atoms with E-state index in [4.69, 9.17) is 4.74 Å². The van der Waals surface area contributed by atoms with Crippen LogP contribution in [-0.4, -0.2) is 19.6 Å². The Kier molecular flexibility index (Phi) is 3.33. The summed E-state index contributed by atoms with van der Waals surface area (Å²) >= 11 is 0. The maximum Gasteiger partial charge on any atom is 0.215 e. The molecule has 0 saturated carbocycles. The van der Waals surface area contributed by atoms with Crippen LogP contribution in [0.5, 0.6) is 0 Å². The molecule has 1 aromatic carbocycles. The zero-order valence-electron chi connectivity index (χ0n) is 7.45. The molecule has 0 bridgehead atoms. The van der Waals surface area contributed by atoms with Gasteiger partial charge in [0.2, 0.25) is 5.90 Å². The van der Waals surface area contributed by atoms with Gasteiger partial charge in [0.05, 0.1) is 6.61 Å². The molecular formula is C10H13NO. The minimum absolute atomic E-state index is 0.654. The summed E-state index contributed by atoms with van der Waals surface area (Å²) in [4.78, 5) is 4.04. The first-order chi connectivity index (χ1) is 5.88. The van der Waals surface area contributed by atoms with Crippen molar-refractivity contribution in [1.29, 1.82) is 0 Å². The summed E-state index contributed by atoms with van der Waals surface area (Å²) in [6.45, 7) is 2.61. The van der Waals surface area contributed by atoms with Crippen LogP contribution in [0.1, 0.15) is 12.5 Å². The Morgan fingerprint density at radius 2 is 2.00 bits per heavy atom. The lowest BCUT2D eigenvalue weighted by molar-refractivity contribution is 0.328. The van der Waals surface area contributed by atoms with Gasteiger partial charge in [-0.05, 0) is 19.1 Å². The molecule has 0 aliphatic rings. The van der Waals surface area contributed by atoms with Crippen LogP contribution in [0.25, 0.3) is 0 Å². The first-order valence-electron chi connectivity index (χ1n) is 4.03. The normalized spacial score (nSPS) is 11.3. The van der Waals surface area contributed by atoms with Crippen LogP contribution in [0.4, 0.5) is 0 Å². The minimum Gasteiger partial charge on any atom is -0.478 e. The van der Waals surface area contributed by atoms with Gasteiger partial charge in [0.25, 0.3) is 0 Å². The summed E-state index contributed by atoms with van der Waals surface area (Å²) in [5, 5.41) is 0. The molecule has 0 N–H and O–H groups in total. The van der Waals surface area contributed by atoms with E-state index in [9.17, 15) is 0 Å². The van der Waals surface area contributed by atoms with Gasteiger partial charge in [-0.2, -0.15) is 0 Å². The van der Waals surface area contributed by atoms with Gasteiger partial charge in [-0.25, -0.2) is 0 Å². The third-order valence-corrected chi connectivity index (χ3v) is 1.50. The van der Waals surface area contributed by atoms with Gasteiger partial charge in [-0.15, -0.1) is 0 Å². The van der Waals surface area contributed by atoms with Gasteiger partial charge in [-0.1, -0.05) is 18.2 Å². The Balaban J connectivity index is 2.82. The highest BCUT2D eigenvalue weighted by molar-refractivity contribution is 5.93. The van der Waals surface area contributed by atoms with Crippen molar-refractivity contribution < 1.29 is 4.74 Å². The molecule has 1 aromatic rings. The molecule has 1 rings (SSSR count). The van der Waals surface area contributed by atoms with E-state index in [0.717, 1.165) is 5.56 Å². The van der Waals surface area contributed by atoms with Gasteiger partial charge in [0.15, 0.2) is 0 Å². The van der Waals surface area contributed by atoms with E-state index < -0.39 is 0 Å². The molecule has 0 unspecified atom stereocenters. The zero-order valence-corrected chi connectivity index (χ0v) is 7.45. The van der Waals surface area contributed by atoms with Crippen molar-refractivity contribution in [3.8, 4) is 0 Å². The molecule has 0 aliphatic carbocycles. The first-order valence-corrected chi connectivity index (χ1v) is 4.03. The number of hydrogen-bond acceptors (Lipinski definition) is 2. The molecule has 0 saturated heterocycles. The standard InChI is InChI=1S/C10H13NO/c1-3-12-10(11-2)9-7-5-4-6-8-9/h4-8H,3H2,1-2H3. The van der Waals surface area contributed by atoms with E-state index in [2.05, 4.69) is 4.99 Å². The number of aliphatic imine (C=N–C) groups is 1. The van der Waals surface area contributed by atoms with Crippen molar-refractivity contribution in [2.75, 3.05) is 13.7 Å². The predicted molar refractivity (Wildman–Crippen MR) is 50.5 cm³/mol. The smallest absolute Gasteiger partial charge is 0.215 e. The average Bonchev–Trinajstić information content (AvgIpc) is 2.15. The van der Waals surface area contributed by atoms with E-state index in [1.807, 2.05) is 37.3 Å². The number of rotatable bonds is 2. The van der Waals surface area contributed by atoms with Crippen LogP contribution in [0.2, 0.25) is 0 Å². The Morgan fingerprint density at radius 3 is 2.50 bits per heavy atom. The summed E-state index contributed by atoms with van der Waals surface area (Å²) in [5.41, 5.74) is 1.03. The fourth-order valence-electron chi connectivity index (χ4n) is 0.994. The zero-order chi connectivity index (χ0) is 8.81. The molecular weight excluding hydrogens is 150 g/mol. The molecule has 2 nitrogen and oxygen atoms in total. The number of ether oxygens (including phenoxy) is 1. The van der Waals surface area contributed by atoms with Crippen LogP contribution in [0.15, 0.2) is 35.3 Å². The lowest BCUT2D eigenvalue weighted by Crippen LogP contribution is -2.05. The van der Waals surface area contributed by atoms with Crippen LogP contribution in [-0.2, 0) is 4.74 Å². The fourth-order valence-corrected chi connectivity index (χ4v) is 0.994. The largest absolute Gasteiger partial charge is 0.478 e. The molecule has 2 heteroatoms. The van der Waals surface area contributed by atoms with Crippen LogP contribution < -0.4 is 0 Å². The molecule has 0 amide bonds. The van der Waals surface area contributed by atoms with Crippen molar-refractivity contribution >= 4 is 5.90 Å². The second-order valence-electron chi connectivity index (χ2n) is 2.33. The first kappa shape index (κ1) is 8.78. The molecule has 12 heavy (non-hydrogen) atoms. The quantitative estimate of drug-likeness (QED) is 0.483. The van der Waals surface area contributed by atoms with Crippen molar-refractivity contribution in [3.05, 3.63) is 35.9 Å². The van der Waals surface area contributed by atoms with E-state index >= 15 is 0 Å². The Hall–Kier alpha value is -1.31. The molecule has 0 spiro atoms. The van der Waals surface area contributed by atoms with E-state index in [1.54, 1.807) is 7.05 Å². The summed E-state index contributed by atoms with van der Waals surface area (Å²) in [6, 6.07) is 9.89. The second kappa shape index (κ2) is 4.54. The van der Waals surface area contributed by atoms with Crippen molar-refractivity contribution in [2.45, 2.75) is 6.92 Å². The van der Waals surface area contributed by atoms with Gasteiger partial charge in [-0.3, -0.25) is 4.99 Å². The van der Waals surface area contributed by atoms with E-state index in [0.29, 0.717) is 12.5 Å². The fraction of sp³-hybridized carbons (Fsp3) is 0.300. The van der Waals surface area contributed by atoms with E-state index in [-0.39, 0.29) is 0 Å². The maximum atomic E-state index is 5.33. The Labute approximate surface area is 72.9 Å². The van der Waals surface area contributed by atoms with Crippen LogP contribution in [0.3, 0.4) is 0 Å². The molecule has 0 atom stereocenters. The van der Waals surface area contributed by atoms with Gasteiger partial charge in [0, 0.05) is 12.6 Å². The molecule has 0 fully saturated rings. The van der Waals surface area contributed by atoms with Crippen molar-refractivity contribution in [2.24, 2.45) is 4.99 Å². The maximum absolute atomic E-state index is 5.33. The average molecular weight is 163 g/mol. The molecule has 0 aliphatic heterocycles. The van der Waals surface area contributed by atoms with Gasteiger partial charge in [0.1, 0.15) is 0 Å².